The first-order chi connectivity index (χ1) is 6.64. The van der Waals surface area contributed by atoms with Crippen LogP contribution in [-0.4, -0.2) is 6.61 Å². The van der Waals surface area contributed by atoms with Gasteiger partial charge in [0, 0.05) is 11.2 Å². The molecule has 0 saturated heterocycles. The van der Waals surface area contributed by atoms with Crippen molar-refractivity contribution >= 4 is 18.2 Å². The predicted molar refractivity (Wildman–Crippen MR) is 56.3 cm³/mol. The van der Waals surface area contributed by atoms with Crippen LogP contribution in [0, 0.1) is 0 Å². The second kappa shape index (κ2) is 5.52. The molecule has 78 valence electrons. The first kappa shape index (κ1) is 11.7. The van der Waals surface area contributed by atoms with E-state index in [1.54, 1.807) is 6.92 Å². The minimum Gasteiger partial charge on any atom is -0.297 e. The Morgan fingerprint density at radius 1 is 1.29 bits per heavy atom. The standard InChI is InChI=1S/C9H12ClO3P/c1-2-12-14(10,11)13-8-9-6-4-3-5-7-9/h3-7H,2,8H2,1H3. The minimum absolute atomic E-state index is 0.196. The largest absolute Gasteiger partial charge is 0.424 e. The molecule has 0 aliphatic rings. The highest BCUT2D eigenvalue weighted by molar-refractivity contribution is 7.81. The Hall–Kier alpha value is -0.340. The van der Waals surface area contributed by atoms with E-state index in [1.165, 1.54) is 0 Å². The van der Waals surface area contributed by atoms with Gasteiger partial charge in [-0.1, -0.05) is 30.3 Å². The first-order valence-corrected chi connectivity index (χ1v) is 6.71. The Bertz CT molecular complexity index is 315. The van der Waals surface area contributed by atoms with Crippen molar-refractivity contribution < 1.29 is 13.6 Å². The van der Waals surface area contributed by atoms with E-state index in [9.17, 15) is 4.57 Å². The molecule has 1 aromatic carbocycles. The Morgan fingerprint density at radius 3 is 2.50 bits per heavy atom. The molecule has 0 fully saturated rings. The van der Waals surface area contributed by atoms with Crippen LogP contribution < -0.4 is 0 Å². The second-order valence-electron chi connectivity index (χ2n) is 2.61. The third kappa shape index (κ3) is 4.25. The SMILES string of the molecule is CCOP(=O)(Cl)OCc1ccccc1. The summed E-state index contributed by atoms with van der Waals surface area (Å²) >= 11 is 5.50. The normalized spacial score (nSPS) is 15.0. The highest BCUT2D eigenvalue weighted by Crippen LogP contribution is 2.53. The number of hydrogen-bond acceptors (Lipinski definition) is 3. The Morgan fingerprint density at radius 2 is 1.93 bits per heavy atom. The zero-order chi connectivity index (χ0) is 10.4. The van der Waals surface area contributed by atoms with Gasteiger partial charge >= 0.3 is 6.95 Å². The molecule has 1 rings (SSSR count). The molecular formula is C9H12ClO3P. The number of benzene rings is 1. The van der Waals surface area contributed by atoms with E-state index in [0.717, 1.165) is 5.56 Å². The van der Waals surface area contributed by atoms with Crippen molar-refractivity contribution in [2.45, 2.75) is 13.5 Å². The number of rotatable bonds is 5. The summed E-state index contributed by atoms with van der Waals surface area (Å²) in [5.74, 6) is 0. The lowest BCUT2D eigenvalue weighted by atomic mass is 10.2. The lowest BCUT2D eigenvalue weighted by Crippen LogP contribution is -1.91. The van der Waals surface area contributed by atoms with Gasteiger partial charge in [0.25, 0.3) is 0 Å². The molecule has 0 heterocycles. The van der Waals surface area contributed by atoms with Crippen molar-refractivity contribution in [1.82, 2.24) is 0 Å². The van der Waals surface area contributed by atoms with E-state index < -0.39 is 6.95 Å². The quantitative estimate of drug-likeness (QED) is 0.731. The maximum Gasteiger partial charge on any atom is 0.424 e. The third-order valence-electron chi connectivity index (χ3n) is 1.51. The minimum atomic E-state index is -3.39. The van der Waals surface area contributed by atoms with Gasteiger partial charge in [-0.2, -0.15) is 0 Å². The molecule has 1 aromatic rings. The summed E-state index contributed by atoms with van der Waals surface area (Å²) in [5.41, 5.74) is 0.910. The maximum absolute atomic E-state index is 11.3. The summed E-state index contributed by atoms with van der Waals surface area (Å²) in [4.78, 5) is 0. The topological polar surface area (TPSA) is 35.5 Å². The van der Waals surface area contributed by atoms with E-state index in [4.69, 9.17) is 20.3 Å². The van der Waals surface area contributed by atoms with E-state index in [2.05, 4.69) is 0 Å². The molecular weight excluding hydrogens is 223 g/mol. The summed E-state index contributed by atoms with van der Waals surface area (Å²) < 4.78 is 21.0. The van der Waals surface area contributed by atoms with Gasteiger partial charge in [0.05, 0.1) is 13.2 Å². The number of hydrogen-bond donors (Lipinski definition) is 0. The predicted octanol–water partition coefficient (Wildman–Crippen LogP) is 3.59. The molecule has 0 spiro atoms. The van der Waals surface area contributed by atoms with Gasteiger partial charge in [-0.05, 0) is 12.5 Å². The molecule has 0 radical (unpaired) electrons. The number of halogens is 1. The van der Waals surface area contributed by atoms with Crippen LogP contribution in [0.5, 0.6) is 0 Å². The molecule has 1 unspecified atom stereocenters. The molecule has 3 nitrogen and oxygen atoms in total. The molecule has 5 heteroatoms. The Labute approximate surface area is 88.3 Å². The van der Waals surface area contributed by atoms with E-state index in [0.29, 0.717) is 0 Å². The van der Waals surface area contributed by atoms with Crippen LogP contribution in [0.3, 0.4) is 0 Å². The molecule has 0 aromatic heterocycles. The zero-order valence-electron chi connectivity index (χ0n) is 7.85. The summed E-state index contributed by atoms with van der Waals surface area (Å²) in [6, 6.07) is 9.37. The van der Waals surface area contributed by atoms with Crippen LogP contribution >= 0.6 is 18.2 Å². The van der Waals surface area contributed by atoms with Crippen molar-refractivity contribution in [2.75, 3.05) is 6.61 Å². The van der Waals surface area contributed by atoms with Crippen LogP contribution in [0.1, 0.15) is 12.5 Å². The van der Waals surface area contributed by atoms with Gasteiger partial charge in [0.15, 0.2) is 0 Å². The fourth-order valence-electron chi connectivity index (χ4n) is 0.917. The fourth-order valence-corrected chi connectivity index (χ4v) is 2.04. The van der Waals surface area contributed by atoms with Gasteiger partial charge in [0.2, 0.25) is 0 Å². The first-order valence-electron chi connectivity index (χ1n) is 4.27. The van der Waals surface area contributed by atoms with Crippen LogP contribution in [0.15, 0.2) is 30.3 Å². The molecule has 1 atom stereocenters. The van der Waals surface area contributed by atoms with Gasteiger partial charge in [-0.3, -0.25) is 9.05 Å². The van der Waals surface area contributed by atoms with Crippen LogP contribution in [0.2, 0.25) is 0 Å². The Balaban J connectivity index is 2.45. The van der Waals surface area contributed by atoms with Crippen molar-refractivity contribution in [3.05, 3.63) is 35.9 Å². The molecule has 0 aliphatic carbocycles. The summed E-state index contributed by atoms with van der Waals surface area (Å²) in [5, 5.41) is 0. The van der Waals surface area contributed by atoms with Crippen LogP contribution in [0.4, 0.5) is 0 Å². The van der Waals surface area contributed by atoms with Crippen LogP contribution in [-0.2, 0) is 20.2 Å². The maximum atomic E-state index is 11.3. The van der Waals surface area contributed by atoms with Gasteiger partial charge in [-0.25, -0.2) is 4.57 Å². The summed E-state index contributed by atoms with van der Waals surface area (Å²) in [7, 11) is 0. The zero-order valence-corrected chi connectivity index (χ0v) is 9.50. The lowest BCUT2D eigenvalue weighted by Gasteiger charge is -2.09. The van der Waals surface area contributed by atoms with Crippen molar-refractivity contribution in [3.63, 3.8) is 0 Å². The summed E-state index contributed by atoms with van der Waals surface area (Å²) in [6.07, 6.45) is 0. The monoisotopic (exact) mass is 234 g/mol. The van der Waals surface area contributed by atoms with E-state index in [-0.39, 0.29) is 13.2 Å². The van der Waals surface area contributed by atoms with Crippen molar-refractivity contribution in [3.8, 4) is 0 Å². The Kier molecular flexibility index (Phi) is 4.63. The second-order valence-corrected chi connectivity index (χ2v) is 5.23. The average Bonchev–Trinajstić information content (AvgIpc) is 2.17. The smallest absolute Gasteiger partial charge is 0.297 e. The average molecular weight is 235 g/mol. The highest BCUT2D eigenvalue weighted by atomic mass is 35.7. The van der Waals surface area contributed by atoms with Gasteiger partial charge in [0.1, 0.15) is 0 Å². The van der Waals surface area contributed by atoms with Crippen molar-refractivity contribution in [2.24, 2.45) is 0 Å². The third-order valence-corrected chi connectivity index (χ3v) is 3.10. The van der Waals surface area contributed by atoms with Gasteiger partial charge < -0.3 is 0 Å². The molecule has 0 amide bonds. The molecule has 0 aliphatic heterocycles. The van der Waals surface area contributed by atoms with Crippen LogP contribution in [0.25, 0.3) is 0 Å². The molecule has 0 saturated carbocycles. The van der Waals surface area contributed by atoms with Crippen molar-refractivity contribution in [1.29, 1.82) is 0 Å². The van der Waals surface area contributed by atoms with Gasteiger partial charge in [-0.15, -0.1) is 0 Å². The highest BCUT2D eigenvalue weighted by Gasteiger charge is 2.19. The molecule has 0 bridgehead atoms. The molecule has 0 N–H and O–H groups in total. The van der Waals surface area contributed by atoms with E-state index in [1.807, 2.05) is 30.3 Å². The van der Waals surface area contributed by atoms with E-state index >= 15 is 0 Å². The lowest BCUT2D eigenvalue weighted by molar-refractivity contribution is 0.219. The summed E-state index contributed by atoms with van der Waals surface area (Å²) in [6.45, 7) is -1.21. The fraction of sp³-hybridized carbons (Fsp3) is 0.333. The molecule has 14 heavy (non-hydrogen) atoms.